The molecule has 6 aromatic rings. The summed E-state index contributed by atoms with van der Waals surface area (Å²) in [6.07, 6.45) is 0. The summed E-state index contributed by atoms with van der Waals surface area (Å²) in [5, 5.41) is 0. The number of hydrogen-bond donors (Lipinski definition) is 0. The molecule has 0 N–H and O–H groups in total. The van der Waals surface area contributed by atoms with Crippen LogP contribution in [0.2, 0.25) is 0 Å². The van der Waals surface area contributed by atoms with Crippen molar-refractivity contribution >= 4 is 11.4 Å². The van der Waals surface area contributed by atoms with E-state index in [1.807, 2.05) is 0 Å². The van der Waals surface area contributed by atoms with Crippen LogP contribution >= 0.6 is 0 Å². The Labute approximate surface area is 225 Å². The summed E-state index contributed by atoms with van der Waals surface area (Å²) in [5.41, 5.74) is 12.1. The minimum Gasteiger partial charge on any atom is -0.345 e. The van der Waals surface area contributed by atoms with Crippen LogP contribution in [-0.2, 0) is 0 Å². The van der Waals surface area contributed by atoms with E-state index in [9.17, 15) is 0 Å². The second-order valence-electron chi connectivity index (χ2n) is 9.52. The fourth-order valence-corrected chi connectivity index (χ4v) is 5.02. The summed E-state index contributed by atoms with van der Waals surface area (Å²) < 4.78 is 0. The van der Waals surface area contributed by atoms with Gasteiger partial charge in [-0.2, -0.15) is 0 Å². The van der Waals surface area contributed by atoms with Gasteiger partial charge in [-0.3, -0.25) is 0 Å². The van der Waals surface area contributed by atoms with E-state index < -0.39 is 0 Å². The number of benzene rings is 6. The lowest BCUT2D eigenvalue weighted by atomic mass is 9.94. The normalized spacial score (nSPS) is 10.8. The first-order valence-corrected chi connectivity index (χ1v) is 13.0. The summed E-state index contributed by atoms with van der Waals surface area (Å²) in [7, 11) is 2.14. The number of hydrogen-bond acceptors (Lipinski definition) is 1. The van der Waals surface area contributed by atoms with Crippen LogP contribution < -0.4 is 4.90 Å². The maximum absolute atomic E-state index is 2.28. The summed E-state index contributed by atoms with van der Waals surface area (Å²) in [6.45, 7) is 0. The Hall–Kier alpha value is -4.88. The van der Waals surface area contributed by atoms with Crippen LogP contribution in [0.15, 0.2) is 158 Å². The van der Waals surface area contributed by atoms with Crippen molar-refractivity contribution in [1.82, 2.24) is 0 Å². The molecule has 0 aliphatic heterocycles. The SMILES string of the molecule is CN(c1ccc(-c2ccccc2-c2ccccc2)cc1)c1cc(-c2ccccc2)cc(-c2ccccc2)c1. The van der Waals surface area contributed by atoms with E-state index in [1.165, 1.54) is 44.5 Å². The van der Waals surface area contributed by atoms with E-state index >= 15 is 0 Å². The highest BCUT2D eigenvalue weighted by atomic mass is 15.1. The lowest BCUT2D eigenvalue weighted by Crippen LogP contribution is -2.09. The summed E-state index contributed by atoms with van der Waals surface area (Å²) in [4.78, 5) is 2.27. The lowest BCUT2D eigenvalue weighted by molar-refractivity contribution is 1.21. The Bertz CT molecular complexity index is 1580. The summed E-state index contributed by atoms with van der Waals surface area (Å²) >= 11 is 0. The van der Waals surface area contributed by atoms with Crippen molar-refractivity contribution < 1.29 is 0 Å². The van der Waals surface area contributed by atoms with Crippen LogP contribution in [0.5, 0.6) is 0 Å². The first-order chi connectivity index (χ1) is 18.8. The smallest absolute Gasteiger partial charge is 0.0420 e. The second kappa shape index (κ2) is 10.6. The molecule has 0 fully saturated rings. The molecule has 0 unspecified atom stereocenters. The third kappa shape index (κ3) is 4.87. The molecule has 0 spiro atoms. The third-order valence-electron chi connectivity index (χ3n) is 7.10. The molecule has 0 bridgehead atoms. The zero-order valence-electron chi connectivity index (χ0n) is 21.5. The molecule has 182 valence electrons. The van der Waals surface area contributed by atoms with Gasteiger partial charge in [-0.15, -0.1) is 0 Å². The van der Waals surface area contributed by atoms with Crippen LogP contribution in [0.4, 0.5) is 11.4 Å². The van der Waals surface area contributed by atoms with E-state index in [2.05, 4.69) is 170 Å². The second-order valence-corrected chi connectivity index (χ2v) is 9.52. The van der Waals surface area contributed by atoms with Gasteiger partial charge in [0, 0.05) is 18.4 Å². The highest BCUT2D eigenvalue weighted by Crippen LogP contribution is 2.36. The van der Waals surface area contributed by atoms with Crippen LogP contribution in [0.3, 0.4) is 0 Å². The summed E-state index contributed by atoms with van der Waals surface area (Å²) in [6, 6.07) is 56.2. The average molecular weight is 488 g/mol. The van der Waals surface area contributed by atoms with Gasteiger partial charge in [-0.25, -0.2) is 0 Å². The molecule has 0 saturated carbocycles. The molecular formula is C37H29N. The third-order valence-corrected chi connectivity index (χ3v) is 7.10. The van der Waals surface area contributed by atoms with Crippen molar-refractivity contribution in [2.24, 2.45) is 0 Å². The van der Waals surface area contributed by atoms with Crippen molar-refractivity contribution in [3.05, 3.63) is 158 Å². The van der Waals surface area contributed by atoms with Crippen molar-refractivity contribution in [2.75, 3.05) is 11.9 Å². The minimum absolute atomic E-state index is 1.15. The van der Waals surface area contributed by atoms with E-state index in [-0.39, 0.29) is 0 Å². The highest BCUT2D eigenvalue weighted by Gasteiger charge is 2.12. The molecule has 38 heavy (non-hydrogen) atoms. The van der Waals surface area contributed by atoms with Crippen LogP contribution in [-0.4, -0.2) is 7.05 Å². The van der Waals surface area contributed by atoms with Crippen molar-refractivity contribution in [3.8, 4) is 44.5 Å². The van der Waals surface area contributed by atoms with Crippen molar-refractivity contribution in [2.45, 2.75) is 0 Å². The number of anilines is 2. The predicted octanol–water partition coefficient (Wildman–Crippen LogP) is 10.1. The van der Waals surface area contributed by atoms with Crippen molar-refractivity contribution in [1.29, 1.82) is 0 Å². The number of nitrogens with zero attached hydrogens (tertiary/aromatic N) is 1. The van der Waals surface area contributed by atoms with E-state index in [4.69, 9.17) is 0 Å². The highest BCUT2D eigenvalue weighted by molar-refractivity contribution is 5.85. The van der Waals surface area contributed by atoms with E-state index in [1.54, 1.807) is 0 Å². The predicted molar refractivity (Wildman–Crippen MR) is 163 cm³/mol. The van der Waals surface area contributed by atoms with Gasteiger partial charge in [-0.1, -0.05) is 127 Å². The molecule has 6 aromatic carbocycles. The fourth-order valence-electron chi connectivity index (χ4n) is 5.02. The van der Waals surface area contributed by atoms with E-state index in [0.29, 0.717) is 0 Å². The van der Waals surface area contributed by atoms with Gasteiger partial charge in [0.1, 0.15) is 0 Å². The molecule has 0 aliphatic rings. The first-order valence-electron chi connectivity index (χ1n) is 13.0. The topological polar surface area (TPSA) is 3.24 Å². The van der Waals surface area contributed by atoms with Crippen LogP contribution in [0.1, 0.15) is 0 Å². The van der Waals surface area contributed by atoms with Gasteiger partial charge in [0.2, 0.25) is 0 Å². The average Bonchev–Trinajstić information content (AvgIpc) is 3.02. The molecule has 1 nitrogen and oxygen atoms in total. The standard InChI is InChI=1S/C37H29N/c1-38(34-23-21-31(22-24-34)37-20-12-11-19-36(37)30-17-9-4-10-18-30)35-26-32(28-13-5-2-6-14-28)25-33(27-35)29-15-7-3-8-16-29/h2-27H,1H3. The molecule has 0 saturated heterocycles. The molecule has 1 heteroatoms. The molecule has 0 amide bonds. The Kier molecular flexibility index (Phi) is 6.57. The lowest BCUT2D eigenvalue weighted by Gasteiger charge is -2.22. The molecular weight excluding hydrogens is 458 g/mol. The molecule has 0 radical (unpaired) electrons. The molecule has 0 heterocycles. The zero-order valence-corrected chi connectivity index (χ0v) is 21.5. The maximum Gasteiger partial charge on any atom is 0.0420 e. The van der Waals surface area contributed by atoms with Gasteiger partial charge in [0.25, 0.3) is 0 Å². The molecule has 0 aliphatic carbocycles. The maximum atomic E-state index is 2.28. The summed E-state index contributed by atoms with van der Waals surface area (Å²) in [5.74, 6) is 0. The fraction of sp³-hybridized carbons (Fsp3) is 0.0270. The van der Waals surface area contributed by atoms with Gasteiger partial charge in [0.15, 0.2) is 0 Å². The Morgan fingerprint density at radius 1 is 0.316 bits per heavy atom. The molecule has 6 rings (SSSR count). The van der Waals surface area contributed by atoms with Gasteiger partial charge >= 0.3 is 0 Å². The molecule has 0 aromatic heterocycles. The Morgan fingerprint density at radius 3 is 1.18 bits per heavy atom. The number of rotatable bonds is 6. The van der Waals surface area contributed by atoms with Gasteiger partial charge in [0.05, 0.1) is 0 Å². The largest absolute Gasteiger partial charge is 0.345 e. The monoisotopic (exact) mass is 487 g/mol. The zero-order chi connectivity index (χ0) is 25.7. The van der Waals surface area contributed by atoms with Crippen molar-refractivity contribution in [3.63, 3.8) is 0 Å². The molecule has 0 atom stereocenters. The van der Waals surface area contributed by atoms with Crippen LogP contribution in [0.25, 0.3) is 44.5 Å². The minimum atomic E-state index is 1.15. The Balaban J connectivity index is 1.37. The van der Waals surface area contributed by atoms with Gasteiger partial charge < -0.3 is 4.90 Å². The quantitative estimate of drug-likeness (QED) is 0.226. The Morgan fingerprint density at radius 2 is 0.711 bits per heavy atom. The van der Waals surface area contributed by atoms with Crippen LogP contribution in [0, 0.1) is 0 Å². The van der Waals surface area contributed by atoms with E-state index in [0.717, 1.165) is 11.4 Å². The van der Waals surface area contributed by atoms with Gasteiger partial charge in [-0.05, 0) is 74.8 Å². The first kappa shape index (κ1) is 23.5.